The van der Waals surface area contributed by atoms with Crippen molar-refractivity contribution in [1.82, 2.24) is 5.32 Å². The summed E-state index contributed by atoms with van der Waals surface area (Å²) in [4.78, 5) is 22.9. The Balaban J connectivity index is 2.61. The molecule has 1 atom stereocenters. The summed E-state index contributed by atoms with van der Waals surface area (Å²) in [5.74, 6) is -1.24. The molecule has 1 rings (SSSR count). The third-order valence-corrected chi connectivity index (χ3v) is 3.42. The van der Waals surface area contributed by atoms with Crippen LogP contribution >= 0.6 is 23.2 Å². The molecule has 0 bridgehead atoms. The summed E-state index contributed by atoms with van der Waals surface area (Å²) in [5.41, 5.74) is -0.606. The number of hydrogen-bond acceptors (Lipinski definition) is 3. The zero-order valence-corrected chi connectivity index (χ0v) is 13.5. The van der Waals surface area contributed by atoms with Crippen molar-refractivity contribution in [3.63, 3.8) is 0 Å². The molecule has 0 fully saturated rings. The second kappa shape index (κ2) is 7.00. The lowest BCUT2D eigenvalue weighted by molar-refractivity contribution is -0.145. The monoisotopic (exact) mass is 333 g/mol. The second-order valence-corrected chi connectivity index (χ2v) is 6.38. The number of aliphatic carboxylic acids is 1. The molecule has 1 aromatic carbocycles. The van der Waals surface area contributed by atoms with E-state index in [1.54, 1.807) is 32.9 Å². The Kier molecular flexibility index (Phi) is 5.87. The summed E-state index contributed by atoms with van der Waals surface area (Å²) in [5, 5.41) is 12.2. The van der Waals surface area contributed by atoms with E-state index in [-0.39, 0.29) is 6.61 Å². The van der Waals surface area contributed by atoms with Gasteiger partial charge in [-0.25, -0.2) is 4.79 Å². The van der Waals surface area contributed by atoms with Crippen LogP contribution in [0.2, 0.25) is 10.0 Å². The Morgan fingerprint density at radius 1 is 1.29 bits per heavy atom. The van der Waals surface area contributed by atoms with E-state index in [2.05, 4.69) is 5.32 Å². The quantitative estimate of drug-likeness (QED) is 0.868. The van der Waals surface area contributed by atoms with Crippen molar-refractivity contribution in [2.24, 2.45) is 5.41 Å². The van der Waals surface area contributed by atoms with E-state index in [0.717, 1.165) is 0 Å². The second-order valence-electron chi connectivity index (χ2n) is 5.57. The highest BCUT2D eigenvalue weighted by Crippen LogP contribution is 2.26. The number of carboxylic acids is 1. The van der Waals surface area contributed by atoms with E-state index >= 15 is 0 Å². The number of hydrogen-bond donors (Lipinski definition) is 2. The van der Waals surface area contributed by atoms with Gasteiger partial charge >= 0.3 is 5.97 Å². The van der Waals surface area contributed by atoms with E-state index in [0.29, 0.717) is 15.8 Å². The van der Waals surface area contributed by atoms with Crippen LogP contribution in [0.1, 0.15) is 20.8 Å². The maximum atomic E-state index is 11.8. The Hall–Kier alpha value is -1.46. The van der Waals surface area contributed by atoms with Gasteiger partial charge in [-0.15, -0.1) is 0 Å². The summed E-state index contributed by atoms with van der Waals surface area (Å²) in [7, 11) is 0. The summed E-state index contributed by atoms with van der Waals surface area (Å²) in [6, 6.07) is 3.60. The molecule has 5 nitrogen and oxygen atoms in total. The molecule has 7 heteroatoms. The smallest absolute Gasteiger partial charge is 0.326 e. The SMILES string of the molecule is CC(C)(C)C(NC(=O)COc1ccc(Cl)c(Cl)c1)C(=O)O. The third-order valence-electron chi connectivity index (χ3n) is 2.68. The maximum absolute atomic E-state index is 11.8. The normalized spacial score (nSPS) is 12.6. The van der Waals surface area contributed by atoms with Crippen molar-refractivity contribution in [1.29, 1.82) is 0 Å². The zero-order valence-electron chi connectivity index (χ0n) is 11.9. The molecule has 21 heavy (non-hydrogen) atoms. The van der Waals surface area contributed by atoms with E-state index in [9.17, 15) is 9.59 Å². The van der Waals surface area contributed by atoms with Gasteiger partial charge < -0.3 is 15.2 Å². The first-order valence-corrected chi connectivity index (χ1v) is 6.97. The average molecular weight is 334 g/mol. The molecule has 0 radical (unpaired) electrons. The van der Waals surface area contributed by atoms with Crippen LogP contribution in [0.4, 0.5) is 0 Å². The summed E-state index contributed by atoms with van der Waals surface area (Å²) in [6.45, 7) is 4.88. The predicted octanol–water partition coefficient (Wildman–Crippen LogP) is 2.99. The number of ether oxygens (including phenoxy) is 1. The Labute approximate surface area is 133 Å². The lowest BCUT2D eigenvalue weighted by atomic mass is 9.87. The summed E-state index contributed by atoms with van der Waals surface area (Å²) < 4.78 is 5.25. The van der Waals surface area contributed by atoms with Crippen LogP contribution < -0.4 is 10.1 Å². The molecule has 1 aromatic rings. The number of carbonyl (C=O) groups excluding carboxylic acids is 1. The molecule has 0 saturated carbocycles. The number of amides is 1. The average Bonchev–Trinajstić information content (AvgIpc) is 2.35. The summed E-state index contributed by atoms with van der Waals surface area (Å²) in [6.07, 6.45) is 0. The Morgan fingerprint density at radius 2 is 1.90 bits per heavy atom. The summed E-state index contributed by atoms with van der Waals surface area (Å²) >= 11 is 11.6. The molecule has 0 aliphatic carbocycles. The zero-order chi connectivity index (χ0) is 16.2. The first-order chi connectivity index (χ1) is 9.61. The van der Waals surface area contributed by atoms with E-state index in [1.165, 1.54) is 6.07 Å². The molecular weight excluding hydrogens is 317 g/mol. The van der Waals surface area contributed by atoms with Crippen molar-refractivity contribution >= 4 is 35.1 Å². The van der Waals surface area contributed by atoms with Gasteiger partial charge in [-0.2, -0.15) is 0 Å². The fraction of sp³-hybridized carbons (Fsp3) is 0.429. The highest BCUT2D eigenvalue weighted by Gasteiger charge is 2.32. The van der Waals surface area contributed by atoms with Crippen molar-refractivity contribution in [3.05, 3.63) is 28.2 Å². The van der Waals surface area contributed by atoms with Gasteiger partial charge in [-0.1, -0.05) is 44.0 Å². The minimum Gasteiger partial charge on any atom is -0.484 e. The number of benzene rings is 1. The van der Waals surface area contributed by atoms with Gasteiger partial charge in [0, 0.05) is 6.07 Å². The first-order valence-electron chi connectivity index (χ1n) is 6.21. The number of carboxylic acid groups (broad SMARTS) is 1. The van der Waals surface area contributed by atoms with Gasteiger partial charge in [0.1, 0.15) is 11.8 Å². The van der Waals surface area contributed by atoms with Crippen LogP contribution in [0, 0.1) is 5.41 Å². The molecule has 0 heterocycles. The molecular formula is C14H17Cl2NO4. The van der Waals surface area contributed by atoms with E-state index < -0.39 is 23.3 Å². The van der Waals surface area contributed by atoms with Gasteiger partial charge in [-0.05, 0) is 17.5 Å². The molecule has 116 valence electrons. The highest BCUT2D eigenvalue weighted by molar-refractivity contribution is 6.42. The third kappa shape index (κ3) is 5.44. The first kappa shape index (κ1) is 17.6. The molecule has 0 aliphatic heterocycles. The van der Waals surface area contributed by atoms with Crippen LogP contribution in [0.5, 0.6) is 5.75 Å². The fourth-order valence-corrected chi connectivity index (χ4v) is 1.85. The van der Waals surface area contributed by atoms with Crippen molar-refractivity contribution < 1.29 is 19.4 Å². The standard InChI is InChI=1S/C14H17Cl2NO4/c1-14(2,3)12(13(19)20)17-11(18)7-21-8-4-5-9(15)10(16)6-8/h4-6,12H,7H2,1-3H3,(H,17,18)(H,19,20). The number of halogens is 2. The largest absolute Gasteiger partial charge is 0.484 e. The lowest BCUT2D eigenvalue weighted by Gasteiger charge is -2.27. The molecule has 2 N–H and O–H groups in total. The van der Waals surface area contributed by atoms with E-state index in [4.69, 9.17) is 33.0 Å². The van der Waals surface area contributed by atoms with Gasteiger partial charge in [0.2, 0.25) is 0 Å². The van der Waals surface area contributed by atoms with Crippen molar-refractivity contribution in [3.8, 4) is 5.75 Å². The van der Waals surface area contributed by atoms with Crippen LogP contribution in [0.15, 0.2) is 18.2 Å². The van der Waals surface area contributed by atoms with E-state index in [1.807, 2.05) is 0 Å². The van der Waals surface area contributed by atoms with Gasteiger partial charge in [0.25, 0.3) is 5.91 Å². The molecule has 0 aromatic heterocycles. The molecule has 0 aliphatic rings. The van der Waals surface area contributed by atoms with Crippen molar-refractivity contribution in [2.75, 3.05) is 6.61 Å². The van der Waals surface area contributed by atoms with Gasteiger partial charge in [-0.3, -0.25) is 4.79 Å². The number of carbonyl (C=O) groups is 2. The fourth-order valence-electron chi connectivity index (χ4n) is 1.57. The van der Waals surface area contributed by atoms with Gasteiger partial charge in [0.15, 0.2) is 6.61 Å². The van der Waals surface area contributed by atoms with Crippen molar-refractivity contribution in [2.45, 2.75) is 26.8 Å². The maximum Gasteiger partial charge on any atom is 0.326 e. The minimum atomic E-state index is -1.09. The van der Waals surface area contributed by atoms with Crippen LogP contribution in [0.3, 0.4) is 0 Å². The van der Waals surface area contributed by atoms with Crippen LogP contribution in [-0.4, -0.2) is 29.6 Å². The Morgan fingerprint density at radius 3 is 2.38 bits per heavy atom. The highest BCUT2D eigenvalue weighted by atomic mass is 35.5. The topological polar surface area (TPSA) is 75.6 Å². The molecule has 1 amide bonds. The molecule has 1 unspecified atom stereocenters. The lowest BCUT2D eigenvalue weighted by Crippen LogP contribution is -2.50. The predicted molar refractivity (Wildman–Crippen MR) is 81.0 cm³/mol. The number of nitrogens with one attached hydrogen (secondary N) is 1. The minimum absolute atomic E-state index is 0.308. The van der Waals surface area contributed by atoms with Crippen LogP contribution in [-0.2, 0) is 9.59 Å². The molecule has 0 spiro atoms. The van der Waals surface area contributed by atoms with Gasteiger partial charge in [0.05, 0.1) is 10.0 Å². The molecule has 0 saturated heterocycles. The Bertz CT molecular complexity index is 540. The number of rotatable bonds is 5. The van der Waals surface area contributed by atoms with Crippen LogP contribution in [0.25, 0.3) is 0 Å².